The third kappa shape index (κ3) is 3.10. The molecule has 4 heteroatoms. The van der Waals surface area contributed by atoms with Crippen LogP contribution in [0, 0.1) is 5.92 Å². The van der Waals surface area contributed by atoms with E-state index in [0.29, 0.717) is 10.4 Å². The van der Waals surface area contributed by atoms with Crippen molar-refractivity contribution in [3.63, 3.8) is 0 Å². The molecular formula is C9H19N3S. The fraction of sp³-hybridized carbons (Fsp3) is 0.889. The number of hydrogen-bond acceptors (Lipinski definition) is 3. The molecule has 0 aromatic heterocycles. The Bertz CT molecular complexity index is 182. The summed E-state index contributed by atoms with van der Waals surface area (Å²) in [6, 6.07) is 0. The van der Waals surface area contributed by atoms with Crippen LogP contribution in [0.15, 0.2) is 5.10 Å². The SMILES string of the molecule is CCC1CCCCC1SC(N)=NN. The van der Waals surface area contributed by atoms with Crippen LogP contribution in [0.2, 0.25) is 0 Å². The Hall–Kier alpha value is -0.380. The lowest BCUT2D eigenvalue weighted by Gasteiger charge is -2.29. The summed E-state index contributed by atoms with van der Waals surface area (Å²) in [5.74, 6) is 5.92. The molecule has 0 aromatic carbocycles. The summed E-state index contributed by atoms with van der Waals surface area (Å²) in [4.78, 5) is 0. The Labute approximate surface area is 84.3 Å². The monoisotopic (exact) mass is 201 g/mol. The van der Waals surface area contributed by atoms with Crippen LogP contribution in [-0.4, -0.2) is 10.4 Å². The Morgan fingerprint density at radius 2 is 2.15 bits per heavy atom. The van der Waals surface area contributed by atoms with Crippen molar-refractivity contribution in [2.45, 2.75) is 44.3 Å². The normalized spacial score (nSPS) is 30.4. The molecule has 4 N–H and O–H groups in total. The number of hydrazone groups is 1. The number of nitrogens with zero attached hydrogens (tertiary/aromatic N) is 1. The summed E-state index contributed by atoms with van der Waals surface area (Å²) in [6.07, 6.45) is 6.54. The van der Waals surface area contributed by atoms with Crippen LogP contribution in [0.3, 0.4) is 0 Å². The lowest BCUT2D eigenvalue weighted by atomic mass is 9.87. The molecule has 0 heterocycles. The van der Waals surface area contributed by atoms with Gasteiger partial charge in [-0.3, -0.25) is 0 Å². The maximum Gasteiger partial charge on any atom is 0.177 e. The van der Waals surface area contributed by atoms with Gasteiger partial charge in [-0.05, 0) is 18.8 Å². The highest BCUT2D eigenvalue weighted by atomic mass is 32.2. The molecule has 76 valence electrons. The molecule has 2 unspecified atom stereocenters. The fourth-order valence-corrected chi connectivity index (χ4v) is 3.16. The first-order valence-electron chi connectivity index (χ1n) is 4.98. The predicted molar refractivity (Wildman–Crippen MR) is 59.4 cm³/mol. The minimum absolute atomic E-state index is 0.533. The Balaban J connectivity index is 2.45. The molecule has 1 aliphatic carbocycles. The Kier molecular flexibility index (Phi) is 4.42. The van der Waals surface area contributed by atoms with Gasteiger partial charge in [0.15, 0.2) is 5.17 Å². The van der Waals surface area contributed by atoms with Crippen molar-refractivity contribution in [2.24, 2.45) is 22.6 Å². The minimum Gasteiger partial charge on any atom is -0.377 e. The molecule has 0 saturated heterocycles. The van der Waals surface area contributed by atoms with Crippen molar-refractivity contribution in [3.8, 4) is 0 Å². The van der Waals surface area contributed by atoms with Crippen LogP contribution in [0.5, 0.6) is 0 Å². The minimum atomic E-state index is 0.533. The highest BCUT2D eigenvalue weighted by Crippen LogP contribution is 2.34. The van der Waals surface area contributed by atoms with Gasteiger partial charge in [0.2, 0.25) is 0 Å². The van der Waals surface area contributed by atoms with Crippen molar-refractivity contribution in [1.29, 1.82) is 0 Å². The third-order valence-corrected chi connectivity index (χ3v) is 4.03. The number of rotatable bonds is 2. The van der Waals surface area contributed by atoms with E-state index >= 15 is 0 Å². The molecule has 0 aromatic rings. The van der Waals surface area contributed by atoms with Crippen LogP contribution in [0.25, 0.3) is 0 Å². The highest BCUT2D eigenvalue weighted by Gasteiger charge is 2.24. The fourth-order valence-electron chi connectivity index (χ4n) is 1.98. The van der Waals surface area contributed by atoms with Gasteiger partial charge in [0.05, 0.1) is 0 Å². The molecule has 0 bridgehead atoms. The van der Waals surface area contributed by atoms with Gasteiger partial charge in [0, 0.05) is 5.25 Å². The maximum atomic E-state index is 5.61. The van der Waals surface area contributed by atoms with Gasteiger partial charge in [-0.1, -0.05) is 37.9 Å². The van der Waals surface area contributed by atoms with Gasteiger partial charge < -0.3 is 11.6 Å². The molecule has 0 spiro atoms. The first-order chi connectivity index (χ1) is 6.27. The van der Waals surface area contributed by atoms with Gasteiger partial charge in [0.1, 0.15) is 0 Å². The number of amidine groups is 1. The van der Waals surface area contributed by atoms with E-state index in [9.17, 15) is 0 Å². The topological polar surface area (TPSA) is 64.4 Å². The lowest BCUT2D eigenvalue weighted by Crippen LogP contribution is -2.25. The number of hydrogen-bond donors (Lipinski definition) is 2. The molecule has 2 atom stereocenters. The second-order valence-corrected chi connectivity index (χ2v) is 4.84. The van der Waals surface area contributed by atoms with E-state index < -0.39 is 0 Å². The molecule has 3 nitrogen and oxygen atoms in total. The van der Waals surface area contributed by atoms with Crippen LogP contribution in [0.4, 0.5) is 0 Å². The first-order valence-corrected chi connectivity index (χ1v) is 5.86. The largest absolute Gasteiger partial charge is 0.377 e. The molecule has 13 heavy (non-hydrogen) atoms. The summed E-state index contributed by atoms with van der Waals surface area (Å²) < 4.78 is 0. The van der Waals surface area contributed by atoms with Crippen LogP contribution in [0.1, 0.15) is 39.0 Å². The molecule has 1 aliphatic rings. The van der Waals surface area contributed by atoms with Crippen LogP contribution < -0.4 is 11.6 Å². The quantitative estimate of drug-likeness (QED) is 0.310. The van der Waals surface area contributed by atoms with Gasteiger partial charge in [-0.25, -0.2) is 0 Å². The predicted octanol–water partition coefficient (Wildman–Crippen LogP) is 1.88. The zero-order chi connectivity index (χ0) is 9.68. The molecule has 0 radical (unpaired) electrons. The van der Waals surface area contributed by atoms with Gasteiger partial charge in [-0.15, -0.1) is 0 Å². The van der Waals surface area contributed by atoms with Crippen molar-refractivity contribution in [3.05, 3.63) is 0 Å². The molecule has 0 aliphatic heterocycles. The summed E-state index contributed by atoms with van der Waals surface area (Å²) in [5.41, 5.74) is 5.61. The average Bonchev–Trinajstić information content (AvgIpc) is 2.18. The molecule has 1 rings (SSSR count). The Morgan fingerprint density at radius 1 is 1.46 bits per heavy atom. The zero-order valence-electron chi connectivity index (χ0n) is 8.20. The summed E-state index contributed by atoms with van der Waals surface area (Å²) in [7, 11) is 0. The van der Waals surface area contributed by atoms with Crippen molar-refractivity contribution >= 4 is 16.9 Å². The second kappa shape index (κ2) is 5.37. The van der Waals surface area contributed by atoms with Gasteiger partial charge >= 0.3 is 0 Å². The summed E-state index contributed by atoms with van der Waals surface area (Å²) in [6.45, 7) is 2.25. The summed E-state index contributed by atoms with van der Waals surface area (Å²) in [5, 5.41) is 4.69. The molecule has 0 amide bonds. The van der Waals surface area contributed by atoms with Crippen molar-refractivity contribution in [2.75, 3.05) is 0 Å². The van der Waals surface area contributed by atoms with E-state index in [4.69, 9.17) is 11.6 Å². The van der Waals surface area contributed by atoms with E-state index in [1.165, 1.54) is 32.1 Å². The van der Waals surface area contributed by atoms with E-state index in [0.717, 1.165) is 5.92 Å². The van der Waals surface area contributed by atoms with Gasteiger partial charge in [0.25, 0.3) is 0 Å². The van der Waals surface area contributed by atoms with E-state index in [-0.39, 0.29) is 0 Å². The average molecular weight is 201 g/mol. The lowest BCUT2D eigenvalue weighted by molar-refractivity contribution is 0.362. The molecular weight excluding hydrogens is 182 g/mol. The number of nitrogens with two attached hydrogens (primary N) is 2. The standard InChI is InChI=1S/C9H19N3S/c1-2-7-5-3-4-6-8(7)13-9(10)12-11/h7-8H,2-6,11H2,1H3,(H2,10,12). The van der Waals surface area contributed by atoms with Gasteiger partial charge in [-0.2, -0.15) is 5.10 Å². The van der Waals surface area contributed by atoms with E-state index in [2.05, 4.69) is 12.0 Å². The van der Waals surface area contributed by atoms with Crippen molar-refractivity contribution in [1.82, 2.24) is 0 Å². The smallest absolute Gasteiger partial charge is 0.177 e. The zero-order valence-corrected chi connectivity index (χ0v) is 9.02. The maximum absolute atomic E-state index is 5.61. The third-order valence-electron chi connectivity index (χ3n) is 2.76. The highest BCUT2D eigenvalue weighted by molar-refractivity contribution is 8.14. The van der Waals surface area contributed by atoms with Crippen LogP contribution >= 0.6 is 11.8 Å². The number of thioether (sulfide) groups is 1. The summed E-state index contributed by atoms with van der Waals surface area (Å²) >= 11 is 1.66. The Morgan fingerprint density at radius 3 is 2.77 bits per heavy atom. The molecule has 1 fully saturated rings. The molecule has 1 saturated carbocycles. The van der Waals surface area contributed by atoms with E-state index in [1.54, 1.807) is 11.8 Å². The first kappa shape index (κ1) is 10.7. The second-order valence-electron chi connectivity index (χ2n) is 3.58. The van der Waals surface area contributed by atoms with Crippen LogP contribution in [-0.2, 0) is 0 Å². The van der Waals surface area contributed by atoms with Crippen molar-refractivity contribution < 1.29 is 0 Å². The van der Waals surface area contributed by atoms with E-state index in [1.807, 2.05) is 0 Å².